The molecule has 8 nitrogen and oxygen atoms in total. The highest BCUT2D eigenvalue weighted by Crippen LogP contribution is 2.37. The zero-order valence-electron chi connectivity index (χ0n) is 17.3. The van der Waals surface area contributed by atoms with Crippen LogP contribution in [0.3, 0.4) is 0 Å². The molecule has 0 aromatic heterocycles. The summed E-state index contributed by atoms with van der Waals surface area (Å²) < 4.78 is 11.3. The van der Waals surface area contributed by atoms with E-state index in [9.17, 15) is 9.90 Å². The number of nitriles is 1. The van der Waals surface area contributed by atoms with Gasteiger partial charge >= 0.3 is 0 Å². The minimum atomic E-state index is -0.923. The molecule has 3 rings (SSSR count). The van der Waals surface area contributed by atoms with Gasteiger partial charge in [0.25, 0.3) is 5.91 Å². The second-order valence-corrected chi connectivity index (χ2v) is 8.21. The Labute approximate surface area is 194 Å². The number of halogens is 1. The third-order valence-electron chi connectivity index (χ3n) is 4.40. The molecule has 0 fully saturated rings. The normalized spacial score (nSPS) is 15.3. The van der Waals surface area contributed by atoms with Crippen LogP contribution in [-0.2, 0) is 4.79 Å². The maximum atomic E-state index is 12.3. The topological polar surface area (TPSA) is 115 Å². The minimum Gasteiger partial charge on any atom is -0.493 e. The summed E-state index contributed by atoms with van der Waals surface area (Å²) in [4.78, 5) is 18.3. The lowest BCUT2D eigenvalue weighted by Crippen LogP contribution is -2.33. The molecule has 1 heterocycles. The van der Waals surface area contributed by atoms with Crippen molar-refractivity contribution < 1.29 is 24.5 Å². The monoisotopic (exact) mass is 473 g/mol. The van der Waals surface area contributed by atoms with Gasteiger partial charge in [0.05, 0.1) is 41.4 Å². The number of nitrogens with zero attached hydrogens (tertiary/aromatic N) is 3. The third kappa shape index (κ3) is 5.60. The molecule has 1 atom stereocenters. The number of thioether (sulfide) groups is 1. The average Bonchev–Trinajstić information content (AvgIpc) is 3.16. The highest BCUT2D eigenvalue weighted by molar-refractivity contribution is 8.18. The zero-order valence-corrected chi connectivity index (χ0v) is 18.9. The third-order valence-corrected chi connectivity index (χ3v) is 5.79. The number of hydrogen-bond donors (Lipinski definition) is 2. The van der Waals surface area contributed by atoms with Crippen LogP contribution in [0.15, 0.2) is 46.3 Å². The summed E-state index contributed by atoms with van der Waals surface area (Å²) in [5.74, 6) is 0.836. The van der Waals surface area contributed by atoms with Gasteiger partial charge in [-0.05, 0) is 53.7 Å². The lowest BCUT2D eigenvalue weighted by Gasteiger charge is -2.19. The molecule has 0 saturated carbocycles. The van der Waals surface area contributed by atoms with Gasteiger partial charge in [0.1, 0.15) is 5.75 Å². The second kappa shape index (κ2) is 10.5. The first-order valence-corrected chi connectivity index (χ1v) is 10.6. The average molecular weight is 474 g/mol. The molecular formula is C22H20ClN3O5S. The molecule has 0 radical (unpaired) electrons. The van der Waals surface area contributed by atoms with Crippen LogP contribution < -0.4 is 9.47 Å². The molecule has 1 aliphatic heterocycles. The van der Waals surface area contributed by atoms with Crippen molar-refractivity contribution in [2.75, 3.05) is 27.3 Å². The number of likely N-dealkylation sites (N-methyl/N-ethyl adjacent to an activating group) is 1. The number of hydrogen-bond acceptors (Lipinski definition) is 8. The van der Waals surface area contributed by atoms with Gasteiger partial charge in [-0.25, -0.2) is 0 Å². The van der Waals surface area contributed by atoms with Gasteiger partial charge in [0.15, 0.2) is 16.7 Å². The molecule has 0 aliphatic carbocycles. The Hall–Kier alpha value is -3.03. The lowest BCUT2D eigenvalue weighted by atomic mass is 10.2. The van der Waals surface area contributed by atoms with Crippen LogP contribution in [-0.4, -0.2) is 59.6 Å². The molecule has 0 spiro atoms. The van der Waals surface area contributed by atoms with Crippen LogP contribution in [0.4, 0.5) is 0 Å². The first kappa shape index (κ1) is 23.6. The SMILES string of the molecule is COc1cc(/C=C2\SC(N(C)CC(O)CO)=NC2=O)ccc1Oc1ccc(C#N)cc1Cl. The second-order valence-electron chi connectivity index (χ2n) is 6.80. The van der Waals surface area contributed by atoms with Crippen LogP contribution in [0.1, 0.15) is 11.1 Å². The van der Waals surface area contributed by atoms with Crippen molar-refractivity contribution in [1.82, 2.24) is 4.90 Å². The fourth-order valence-electron chi connectivity index (χ4n) is 2.79. The van der Waals surface area contributed by atoms with E-state index in [2.05, 4.69) is 4.99 Å². The van der Waals surface area contributed by atoms with Crippen molar-refractivity contribution in [3.63, 3.8) is 0 Å². The van der Waals surface area contributed by atoms with Crippen molar-refractivity contribution in [3.05, 3.63) is 57.5 Å². The van der Waals surface area contributed by atoms with Crippen LogP contribution in [0, 0.1) is 11.3 Å². The van der Waals surface area contributed by atoms with Crippen LogP contribution in [0.25, 0.3) is 6.08 Å². The Balaban J connectivity index is 1.77. The van der Waals surface area contributed by atoms with Crippen LogP contribution in [0.5, 0.6) is 17.2 Å². The highest BCUT2D eigenvalue weighted by Gasteiger charge is 2.25. The van der Waals surface area contributed by atoms with Crippen molar-refractivity contribution >= 4 is 40.5 Å². The van der Waals surface area contributed by atoms with Crippen molar-refractivity contribution in [2.45, 2.75) is 6.10 Å². The smallest absolute Gasteiger partial charge is 0.286 e. The fourth-order valence-corrected chi connectivity index (χ4v) is 3.90. The van der Waals surface area contributed by atoms with E-state index < -0.39 is 6.10 Å². The first-order chi connectivity index (χ1) is 15.3. The molecule has 0 saturated heterocycles. The molecule has 2 aromatic carbocycles. The van der Waals surface area contributed by atoms with Crippen molar-refractivity contribution in [2.24, 2.45) is 4.99 Å². The molecule has 1 aliphatic rings. The summed E-state index contributed by atoms with van der Waals surface area (Å²) in [5.41, 5.74) is 1.12. The standard InChI is InChI=1S/C22H20ClN3O5S/c1-26(11-15(28)12-27)22-25-21(29)20(32-22)9-13-3-6-18(19(8-13)30-2)31-17-5-4-14(10-24)7-16(17)23/h3-9,15,27-28H,11-12H2,1-2H3/b20-9-. The van der Waals surface area contributed by atoms with Crippen LogP contribution in [0.2, 0.25) is 5.02 Å². The number of rotatable bonds is 7. The van der Waals surface area contributed by atoms with E-state index in [1.54, 1.807) is 48.4 Å². The summed E-state index contributed by atoms with van der Waals surface area (Å²) in [6.45, 7) is -0.221. The van der Waals surface area contributed by atoms with Crippen LogP contribution >= 0.6 is 23.4 Å². The summed E-state index contributed by atoms with van der Waals surface area (Å²) in [7, 11) is 3.18. The van der Waals surface area contributed by atoms with Gasteiger partial charge in [0.2, 0.25) is 0 Å². The largest absolute Gasteiger partial charge is 0.493 e. The number of carbonyl (C=O) groups is 1. The quantitative estimate of drug-likeness (QED) is 0.589. The predicted molar refractivity (Wildman–Crippen MR) is 123 cm³/mol. The molecule has 32 heavy (non-hydrogen) atoms. The molecule has 1 amide bonds. The van der Waals surface area contributed by atoms with Gasteiger partial charge in [-0.3, -0.25) is 4.79 Å². The number of aliphatic imine (C=N–C) groups is 1. The molecule has 10 heteroatoms. The molecule has 166 valence electrons. The van der Waals surface area contributed by atoms with Crippen molar-refractivity contribution in [1.29, 1.82) is 5.26 Å². The van der Waals surface area contributed by atoms with E-state index in [0.29, 0.717) is 43.5 Å². The van der Waals surface area contributed by atoms with E-state index in [0.717, 1.165) is 0 Å². The summed E-state index contributed by atoms with van der Waals surface area (Å²) in [5, 5.41) is 28.3. The van der Waals surface area contributed by atoms with Gasteiger partial charge < -0.3 is 24.6 Å². The Morgan fingerprint density at radius 3 is 2.69 bits per heavy atom. The maximum Gasteiger partial charge on any atom is 0.286 e. The number of amidine groups is 1. The zero-order chi connectivity index (χ0) is 23.3. The Kier molecular flexibility index (Phi) is 7.77. The summed E-state index contributed by atoms with van der Waals surface area (Å²) >= 11 is 7.36. The Bertz CT molecular complexity index is 1130. The molecule has 2 N–H and O–H groups in total. The number of benzene rings is 2. The van der Waals surface area contributed by atoms with Crippen molar-refractivity contribution in [3.8, 4) is 23.3 Å². The number of amides is 1. The number of methoxy groups -OCH3 is 1. The molecule has 2 aromatic rings. The highest BCUT2D eigenvalue weighted by atomic mass is 35.5. The van der Waals surface area contributed by atoms with E-state index in [4.69, 9.17) is 31.4 Å². The molecule has 0 bridgehead atoms. The number of aliphatic hydroxyl groups excluding tert-OH is 2. The van der Waals surface area contributed by atoms with Gasteiger partial charge in [0, 0.05) is 13.6 Å². The summed E-state index contributed by atoms with van der Waals surface area (Å²) in [6, 6.07) is 11.9. The fraction of sp³-hybridized carbons (Fsp3) is 0.227. The lowest BCUT2D eigenvalue weighted by molar-refractivity contribution is -0.113. The Morgan fingerprint density at radius 1 is 1.28 bits per heavy atom. The number of carbonyl (C=O) groups excluding carboxylic acids is 1. The first-order valence-electron chi connectivity index (χ1n) is 9.42. The maximum absolute atomic E-state index is 12.3. The number of aliphatic hydroxyl groups is 2. The van der Waals surface area contributed by atoms with E-state index in [-0.39, 0.29) is 19.1 Å². The Morgan fingerprint density at radius 2 is 2.03 bits per heavy atom. The van der Waals surface area contributed by atoms with E-state index in [1.807, 2.05) is 6.07 Å². The summed E-state index contributed by atoms with van der Waals surface area (Å²) in [6.07, 6.45) is 0.758. The molecular weight excluding hydrogens is 454 g/mol. The molecule has 1 unspecified atom stereocenters. The van der Waals surface area contributed by atoms with Gasteiger partial charge in [-0.1, -0.05) is 17.7 Å². The predicted octanol–water partition coefficient (Wildman–Crippen LogP) is 3.27. The van der Waals surface area contributed by atoms with Gasteiger partial charge in [-0.15, -0.1) is 0 Å². The minimum absolute atomic E-state index is 0.153. The van der Waals surface area contributed by atoms with E-state index in [1.165, 1.54) is 24.9 Å². The van der Waals surface area contributed by atoms with E-state index >= 15 is 0 Å². The number of ether oxygens (including phenoxy) is 2. The van der Waals surface area contributed by atoms with Gasteiger partial charge in [-0.2, -0.15) is 10.3 Å².